The van der Waals surface area contributed by atoms with E-state index in [9.17, 15) is 4.79 Å². The van der Waals surface area contributed by atoms with Gasteiger partial charge in [-0.15, -0.1) is 0 Å². The molecule has 3 rings (SSSR count). The van der Waals surface area contributed by atoms with Gasteiger partial charge in [0.1, 0.15) is 6.07 Å². The van der Waals surface area contributed by atoms with E-state index in [0.29, 0.717) is 25.4 Å². The van der Waals surface area contributed by atoms with Gasteiger partial charge in [-0.2, -0.15) is 5.26 Å². The zero-order valence-corrected chi connectivity index (χ0v) is 20.8. The third-order valence-corrected chi connectivity index (χ3v) is 7.44. The molecule has 1 saturated carbocycles. The molecule has 0 unspecified atom stereocenters. The largest absolute Gasteiger partial charge is 0.385 e. The number of nitriles is 1. The Morgan fingerprint density at radius 2 is 1.94 bits per heavy atom. The van der Waals surface area contributed by atoms with Gasteiger partial charge in [0.25, 0.3) is 0 Å². The number of hydrogen-bond donors (Lipinski definition) is 0. The fraction of sp³-hybridized carbons (Fsp3) is 0.538. The highest BCUT2D eigenvalue weighted by atomic mass is 16.5. The number of urea groups is 1. The molecule has 0 atom stereocenters. The van der Waals surface area contributed by atoms with Crippen LogP contribution in [0.25, 0.3) is 0 Å². The zero-order valence-electron chi connectivity index (χ0n) is 20.8. The van der Waals surface area contributed by atoms with Gasteiger partial charge in [0.15, 0.2) is 0 Å². The lowest BCUT2D eigenvalue weighted by Gasteiger charge is -2.51. The van der Waals surface area contributed by atoms with Gasteiger partial charge in [-0.1, -0.05) is 30.3 Å². The van der Waals surface area contributed by atoms with E-state index in [1.165, 1.54) is 11.8 Å². The summed E-state index contributed by atoms with van der Waals surface area (Å²) >= 11 is 0. The van der Waals surface area contributed by atoms with Gasteiger partial charge >= 0.3 is 6.03 Å². The maximum absolute atomic E-state index is 13.6. The van der Waals surface area contributed by atoms with Crippen molar-refractivity contribution in [3.63, 3.8) is 0 Å². The third kappa shape index (κ3) is 4.91. The minimum absolute atomic E-state index is 0.0119. The molecular weight excluding hydrogens is 428 g/mol. The Kier molecular flexibility index (Phi) is 8.24. The number of carbonyl (C=O) groups excluding carboxylic acids is 1. The summed E-state index contributed by atoms with van der Waals surface area (Å²) in [4.78, 5) is 27.4. The molecule has 0 aromatic heterocycles. The van der Waals surface area contributed by atoms with Crippen LogP contribution >= 0.6 is 0 Å². The summed E-state index contributed by atoms with van der Waals surface area (Å²) in [7, 11) is 5.99. The fourth-order valence-corrected chi connectivity index (χ4v) is 5.40. The number of allylic oxidation sites excluding steroid dienone is 1. The number of hydrogen-bond acceptors (Lipinski definition) is 5. The van der Waals surface area contributed by atoms with Crippen LogP contribution < -0.4 is 0 Å². The van der Waals surface area contributed by atoms with E-state index >= 15 is 0 Å². The van der Waals surface area contributed by atoms with Crippen LogP contribution in [-0.2, 0) is 10.3 Å². The summed E-state index contributed by atoms with van der Waals surface area (Å²) in [6.07, 6.45) is 6.06. The SMILES string of the molecule is C=NC(C#N)=N/C=C(\C)N1CC2(CCC(c3ccccc3)(N(C)C)CC2)N(CCCOC)C1=O. The molecule has 2 amide bonds. The molecule has 1 spiro atoms. The molecule has 1 aromatic rings. The molecule has 1 saturated heterocycles. The second kappa shape index (κ2) is 10.9. The first-order valence-electron chi connectivity index (χ1n) is 11.8. The Morgan fingerprint density at radius 1 is 1.26 bits per heavy atom. The number of rotatable bonds is 8. The van der Waals surface area contributed by atoms with Crippen LogP contribution in [0.4, 0.5) is 4.79 Å². The minimum Gasteiger partial charge on any atom is -0.385 e. The monoisotopic (exact) mass is 464 g/mol. The lowest BCUT2D eigenvalue weighted by Crippen LogP contribution is -2.55. The summed E-state index contributed by atoms with van der Waals surface area (Å²) in [5.41, 5.74) is 1.73. The van der Waals surface area contributed by atoms with Crippen LogP contribution in [0.1, 0.15) is 44.6 Å². The van der Waals surface area contributed by atoms with Gasteiger partial charge in [0.2, 0.25) is 5.84 Å². The highest BCUT2D eigenvalue weighted by Crippen LogP contribution is 2.49. The molecule has 8 heteroatoms. The topological polar surface area (TPSA) is 84.5 Å². The van der Waals surface area contributed by atoms with E-state index in [-0.39, 0.29) is 22.9 Å². The smallest absolute Gasteiger partial charge is 0.324 e. The lowest BCUT2D eigenvalue weighted by atomic mass is 9.68. The second-order valence-corrected chi connectivity index (χ2v) is 9.38. The first kappa shape index (κ1) is 25.6. The quantitative estimate of drug-likeness (QED) is 0.330. The fourth-order valence-electron chi connectivity index (χ4n) is 5.40. The predicted octanol–water partition coefficient (Wildman–Crippen LogP) is 4.01. The molecule has 2 fully saturated rings. The number of ether oxygens (including phenoxy) is 1. The van der Waals surface area contributed by atoms with Crippen LogP contribution in [0, 0.1) is 11.3 Å². The van der Waals surface area contributed by atoms with E-state index < -0.39 is 0 Å². The van der Waals surface area contributed by atoms with Gasteiger partial charge in [-0.3, -0.25) is 9.80 Å². The average Bonchev–Trinajstić information content (AvgIpc) is 3.12. The molecule has 1 aromatic carbocycles. The van der Waals surface area contributed by atoms with Crippen LogP contribution in [-0.4, -0.2) is 79.7 Å². The zero-order chi connectivity index (χ0) is 24.8. The maximum Gasteiger partial charge on any atom is 0.324 e. The second-order valence-electron chi connectivity index (χ2n) is 9.38. The molecule has 0 N–H and O–H groups in total. The lowest BCUT2D eigenvalue weighted by molar-refractivity contribution is 0.0228. The van der Waals surface area contributed by atoms with Crippen molar-refractivity contribution < 1.29 is 9.53 Å². The summed E-state index contributed by atoms with van der Waals surface area (Å²) in [6, 6.07) is 12.6. The minimum atomic E-state index is -0.243. The van der Waals surface area contributed by atoms with E-state index in [2.05, 4.69) is 70.9 Å². The molecule has 1 heterocycles. The number of carbonyl (C=O) groups is 1. The number of amidine groups is 1. The molecule has 1 aliphatic heterocycles. The van der Waals surface area contributed by atoms with Crippen LogP contribution in [0.3, 0.4) is 0 Å². The molecular formula is C26H36N6O2. The number of nitrogens with zero attached hydrogens (tertiary/aromatic N) is 6. The van der Waals surface area contributed by atoms with Crippen molar-refractivity contribution in [2.75, 3.05) is 40.9 Å². The van der Waals surface area contributed by atoms with Crippen molar-refractivity contribution in [2.45, 2.75) is 50.1 Å². The van der Waals surface area contributed by atoms with Crippen molar-refractivity contribution in [2.24, 2.45) is 9.98 Å². The van der Waals surface area contributed by atoms with Crippen molar-refractivity contribution in [1.82, 2.24) is 14.7 Å². The van der Waals surface area contributed by atoms with E-state index in [4.69, 9.17) is 10.00 Å². The van der Waals surface area contributed by atoms with Crippen molar-refractivity contribution in [3.8, 4) is 6.07 Å². The van der Waals surface area contributed by atoms with Crippen molar-refractivity contribution in [3.05, 3.63) is 47.8 Å². The molecule has 182 valence electrons. The standard InChI is InChI=1S/C26H36N6O2/c1-21(19-29-23(18-27)28-2)31-20-25(32(24(31)33)16-9-17-34-5)12-14-26(15-13-25,30(3)4)22-10-7-6-8-11-22/h6-8,10-11,19H,2,9,12-17,20H2,1,3-5H3/b21-19+,29-23?. The van der Waals surface area contributed by atoms with Crippen LogP contribution in [0.15, 0.2) is 52.2 Å². The van der Waals surface area contributed by atoms with Crippen molar-refractivity contribution >= 4 is 18.6 Å². The van der Waals surface area contributed by atoms with Gasteiger partial charge in [0.05, 0.1) is 12.1 Å². The maximum atomic E-state index is 13.6. The molecule has 0 radical (unpaired) electrons. The molecule has 1 aliphatic carbocycles. The normalized spacial score (nSPS) is 25.8. The van der Waals surface area contributed by atoms with Gasteiger partial charge in [-0.25, -0.2) is 14.8 Å². The average molecular weight is 465 g/mol. The Balaban J connectivity index is 1.90. The Morgan fingerprint density at radius 3 is 2.50 bits per heavy atom. The van der Waals surface area contributed by atoms with Gasteiger partial charge in [-0.05, 0) is 65.4 Å². The van der Waals surface area contributed by atoms with Gasteiger partial charge < -0.3 is 9.64 Å². The van der Waals surface area contributed by atoms with Gasteiger partial charge in [0, 0.05) is 37.7 Å². The molecule has 0 bridgehead atoms. The summed E-state index contributed by atoms with van der Waals surface area (Å²) in [5, 5.41) is 9.06. The highest BCUT2D eigenvalue weighted by Gasteiger charge is 2.54. The molecule has 8 nitrogen and oxygen atoms in total. The van der Waals surface area contributed by atoms with E-state index in [1.54, 1.807) is 12.0 Å². The summed E-state index contributed by atoms with van der Waals surface area (Å²) in [6.45, 7) is 7.08. The number of amides is 2. The third-order valence-electron chi connectivity index (χ3n) is 7.44. The van der Waals surface area contributed by atoms with Crippen molar-refractivity contribution in [1.29, 1.82) is 5.26 Å². The van der Waals surface area contributed by atoms with Crippen LogP contribution in [0.2, 0.25) is 0 Å². The van der Waals surface area contributed by atoms with E-state index in [1.807, 2.05) is 13.0 Å². The summed E-state index contributed by atoms with van der Waals surface area (Å²) < 4.78 is 5.26. The first-order chi connectivity index (χ1) is 16.3. The number of methoxy groups -OCH3 is 1. The number of benzene rings is 1. The number of aliphatic imine (C=N–C) groups is 2. The Hall–Kier alpha value is -3.02. The first-order valence-corrected chi connectivity index (χ1v) is 11.8. The predicted molar refractivity (Wildman–Crippen MR) is 135 cm³/mol. The van der Waals surface area contributed by atoms with E-state index in [0.717, 1.165) is 32.1 Å². The molecule has 34 heavy (non-hydrogen) atoms. The molecule has 2 aliphatic rings. The Bertz CT molecular complexity index is 971. The summed E-state index contributed by atoms with van der Waals surface area (Å²) in [5.74, 6) is -0.0195. The Labute approximate surface area is 203 Å². The highest BCUT2D eigenvalue weighted by molar-refractivity contribution is 5.99. The van der Waals surface area contributed by atoms with Crippen LogP contribution in [0.5, 0.6) is 0 Å².